The fourth-order valence-electron chi connectivity index (χ4n) is 1.61. The Hall–Kier alpha value is -2.75. The van der Waals surface area contributed by atoms with E-state index in [9.17, 15) is 30.1 Å². The molecule has 0 radical (unpaired) electrons. The summed E-state index contributed by atoms with van der Waals surface area (Å²) in [7, 11) is 0. The number of carbonyl (C=O) groups is 1. The fraction of sp³-hybridized carbons (Fsp3) is 0.417. The first-order valence-corrected chi connectivity index (χ1v) is 6.19. The highest BCUT2D eigenvalue weighted by Gasteiger charge is 2.27. The lowest BCUT2D eigenvalue weighted by molar-refractivity contribution is -0.422. The van der Waals surface area contributed by atoms with Crippen LogP contribution in [0.5, 0.6) is 5.75 Å². The third-order valence-corrected chi connectivity index (χ3v) is 2.57. The Labute approximate surface area is 124 Å². The summed E-state index contributed by atoms with van der Waals surface area (Å²) in [5, 5.41) is 30.8. The number of aliphatic hydroxyl groups is 1. The van der Waals surface area contributed by atoms with Crippen molar-refractivity contribution in [2.75, 3.05) is 13.2 Å². The second kappa shape index (κ2) is 7.88. The summed E-state index contributed by atoms with van der Waals surface area (Å²) in [6.45, 7) is 0.858. The zero-order chi connectivity index (χ0) is 16.7. The number of rotatable bonds is 8. The summed E-state index contributed by atoms with van der Waals surface area (Å²) < 4.78 is 9.94. The topological polar surface area (TPSA) is 142 Å². The number of nitro benzene ring substituents is 2. The molecular formula is C12H14N2O8. The highest BCUT2D eigenvalue weighted by atomic mass is 16.6. The number of aliphatic hydroxyl groups excluding tert-OH is 1. The van der Waals surface area contributed by atoms with Crippen molar-refractivity contribution < 1.29 is 29.2 Å². The van der Waals surface area contributed by atoms with Gasteiger partial charge in [0.2, 0.25) is 0 Å². The molecule has 0 spiro atoms. The zero-order valence-corrected chi connectivity index (χ0v) is 11.7. The van der Waals surface area contributed by atoms with E-state index in [-0.39, 0.29) is 24.5 Å². The summed E-state index contributed by atoms with van der Waals surface area (Å²) in [6, 6.07) is 1.80. The molecule has 0 atom stereocenters. The molecule has 120 valence electrons. The van der Waals surface area contributed by atoms with Crippen LogP contribution in [0.25, 0.3) is 0 Å². The van der Waals surface area contributed by atoms with E-state index in [0.29, 0.717) is 6.42 Å². The SMILES string of the molecule is CC(=O)OCCCOc1cc([N+](=O)[O-])c([N+](=O)[O-])cc1CO. The van der Waals surface area contributed by atoms with Gasteiger partial charge in [-0.25, -0.2) is 0 Å². The van der Waals surface area contributed by atoms with E-state index in [1.165, 1.54) is 6.92 Å². The maximum absolute atomic E-state index is 10.9. The average Bonchev–Trinajstić information content (AvgIpc) is 2.45. The Bertz CT molecular complexity index is 587. The molecule has 1 N–H and O–H groups in total. The molecule has 0 heterocycles. The second-order valence-electron chi connectivity index (χ2n) is 4.16. The van der Waals surface area contributed by atoms with Gasteiger partial charge in [-0.15, -0.1) is 0 Å². The first-order valence-electron chi connectivity index (χ1n) is 6.19. The van der Waals surface area contributed by atoms with Gasteiger partial charge in [0.05, 0.1) is 35.7 Å². The molecule has 0 unspecified atom stereocenters. The number of benzene rings is 1. The van der Waals surface area contributed by atoms with Gasteiger partial charge in [-0.05, 0) is 0 Å². The van der Waals surface area contributed by atoms with Crippen LogP contribution in [0.3, 0.4) is 0 Å². The van der Waals surface area contributed by atoms with Crippen LogP contribution in [0.2, 0.25) is 0 Å². The summed E-state index contributed by atoms with van der Waals surface area (Å²) in [4.78, 5) is 30.4. The molecule has 0 saturated heterocycles. The maximum atomic E-state index is 10.9. The molecule has 0 aromatic heterocycles. The zero-order valence-electron chi connectivity index (χ0n) is 11.7. The number of nitro groups is 2. The number of esters is 1. The third kappa shape index (κ3) is 4.66. The smallest absolute Gasteiger partial charge is 0.349 e. The predicted molar refractivity (Wildman–Crippen MR) is 72.4 cm³/mol. The van der Waals surface area contributed by atoms with Crippen molar-refractivity contribution in [3.63, 3.8) is 0 Å². The Kier molecular flexibility index (Phi) is 6.20. The van der Waals surface area contributed by atoms with Crippen LogP contribution in [-0.4, -0.2) is 34.1 Å². The molecule has 10 heteroatoms. The molecule has 0 aliphatic heterocycles. The molecular weight excluding hydrogens is 300 g/mol. The van der Waals surface area contributed by atoms with E-state index in [1.54, 1.807) is 0 Å². The van der Waals surface area contributed by atoms with Crippen LogP contribution in [0.4, 0.5) is 11.4 Å². The van der Waals surface area contributed by atoms with Crippen molar-refractivity contribution in [3.8, 4) is 5.75 Å². The van der Waals surface area contributed by atoms with Gasteiger partial charge in [-0.3, -0.25) is 25.0 Å². The number of hydrogen-bond acceptors (Lipinski definition) is 8. The van der Waals surface area contributed by atoms with E-state index in [0.717, 1.165) is 12.1 Å². The Morgan fingerprint density at radius 2 is 1.77 bits per heavy atom. The standard InChI is InChI=1S/C12H14N2O8/c1-8(16)21-3-2-4-22-12-6-11(14(19)20)10(13(17)18)5-9(12)7-15/h5-6,15H,2-4,7H2,1H3. The maximum Gasteiger partial charge on any atom is 0.349 e. The van der Waals surface area contributed by atoms with Gasteiger partial charge in [0.15, 0.2) is 0 Å². The van der Waals surface area contributed by atoms with Gasteiger partial charge in [0.25, 0.3) is 0 Å². The summed E-state index contributed by atoms with van der Waals surface area (Å²) in [5.74, 6) is -0.468. The Morgan fingerprint density at radius 1 is 1.18 bits per heavy atom. The van der Waals surface area contributed by atoms with Crippen LogP contribution < -0.4 is 4.74 Å². The predicted octanol–water partition coefficient (Wildman–Crippen LogP) is 1.33. The normalized spacial score (nSPS) is 10.1. The van der Waals surface area contributed by atoms with Crippen molar-refractivity contribution in [1.29, 1.82) is 0 Å². The van der Waals surface area contributed by atoms with E-state index in [1.807, 2.05) is 0 Å². The molecule has 1 aromatic rings. The highest BCUT2D eigenvalue weighted by molar-refractivity contribution is 5.65. The van der Waals surface area contributed by atoms with E-state index in [2.05, 4.69) is 4.74 Å². The number of nitrogens with zero attached hydrogens (tertiary/aromatic N) is 2. The molecule has 22 heavy (non-hydrogen) atoms. The lowest BCUT2D eigenvalue weighted by atomic mass is 10.1. The van der Waals surface area contributed by atoms with Gasteiger partial charge in [-0.2, -0.15) is 0 Å². The Balaban J connectivity index is 2.89. The van der Waals surface area contributed by atoms with Crippen molar-refractivity contribution in [2.45, 2.75) is 20.0 Å². The minimum atomic E-state index is -0.901. The largest absolute Gasteiger partial charge is 0.493 e. The van der Waals surface area contributed by atoms with E-state index < -0.39 is 33.8 Å². The molecule has 1 rings (SSSR count). The molecule has 0 saturated carbocycles. The van der Waals surface area contributed by atoms with E-state index >= 15 is 0 Å². The van der Waals surface area contributed by atoms with Crippen LogP contribution in [0.1, 0.15) is 18.9 Å². The quantitative estimate of drug-likeness (QED) is 0.327. The number of ether oxygens (including phenoxy) is 2. The molecule has 0 aliphatic carbocycles. The summed E-state index contributed by atoms with van der Waals surface area (Å²) in [6.07, 6.45) is 0.329. The summed E-state index contributed by atoms with van der Waals surface area (Å²) in [5.41, 5.74) is -1.39. The minimum Gasteiger partial charge on any atom is -0.493 e. The highest BCUT2D eigenvalue weighted by Crippen LogP contribution is 2.34. The molecule has 0 fully saturated rings. The molecule has 0 bridgehead atoms. The fourth-order valence-corrected chi connectivity index (χ4v) is 1.61. The van der Waals surface area contributed by atoms with E-state index in [4.69, 9.17) is 4.74 Å². The lowest BCUT2D eigenvalue weighted by Gasteiger charge is -2.10. The lowest BCUT2D eigenvalue weighted by Crippen LogP contribution is -2.08. The van der Waals surface area contributed by atoms with Crippen LogP contribution in [-0.2, 0) is 16.1 Å². The van der Waals surface area contributed by atoms with Crippen molar-refractivity contribution in [3.05, 3.63) is 37.9 Å². The van der Waals surface area contributed by atoms with Gasteiger partial charge in [0, 0.05) is 25.0 Å². The molecule has 1 aromatic carbocycles. The van der Waals surface area contributed by atoms with Crippen molar-refractivity contribution in [1.82, 2.24) is 0 Å². The van der Waals surface area contributed by atoms with Crippen molar-refractivity contribution >= 4 is 17.3 Å². The Morgan fingerprint density at radius 3 is 2.27 bits per heavy atom. The van der Waals surface area contributed by atoms with Gasteiger partial charge in [-0.1, -0.05) is 0 Å². The molecule has 0 amide bonds. The van der Waals surface area contributed by atoms with Crippen LogP contribution in [0, 0.1) is 20.2 Å². The van der Waals surface area contributed by atoms with Crippen LogP contribution in [0.15, 0.2) is 12.1 Å². The first-order chi connectivity index (χ1) is 10.4. The monoisotopic (exact) mass is 314 g/mol. The van der Waals surface area contributed by atoms with Gasteiger partial charge < -0.3 is 14.6 Å². The van der Waals surface area contributed by atoms with Gasteiger partial charge >= 0.3 is 17.3 Å². The molecule has 0 aliphatic rings. The van der Waals surface area contributed by atoms with Crippen LogP contribution >= 0.6 is 0 Å². The number of hydrogen-bond donors (Lipinski definition) is 1. The van der Waals surface area contributed by atoms with Crippen molar-refractivity contribution in [2.24, 2.45) is 0 Å². The third-order valence-electron chi connectivity index (χ3n) is 2.57. The minimum absolute atomic E-state index is 0.0253. The first kappa shape index (κ1) is 17.3. The number of carbonyl (C=O) groups excluding carboxylic acids is 1. The van der Waals surface area contributed by atoms with Gasteiger partial charge in [0.1, 0.15) is 5.75 Å². The molecule has 10 nitrogen and oxygen atoms in total. The second-order valence-corrected chi connectivity index (χ2v) is 4.16. The summed E-state index contributed by atoms with van der Waals surface area (Å²) >= 11 is 0. The average molecular weight is 314 g/mol.